The van der Waals surface area contributed by atoms with Gasteiger partial charge in [-0.3, -0.25) is 9.59 Å². The molecule has 0 aliphatic rings. The van der Waals surface area contributed by atoms with Gasteiger partial charge in [0.1, 0.15) is 0 Å². The summed E-state index contributed by atoms with van der Waals surface area (Å²) in [5, 5.41) is 5.08. The van der Waals surface area contributed by atoms with Gasteiger partial charge in [0.2, 0.25) is 5.91 Å². The van der Waals surface area contributed by atoms with Crippen molar-refractivity contribution in [2.24, 2.45) is 0 Å². The van der Waals surface area contributed by atoms with Crippen molar-refractivity contribution in [1.82, 2.24) is 5.32 Å². The zero-order valence-corrected chi connectivity index (χ0v) is 13.5. The van der Waals surface area contributed by atoms with Crippen LogP contribution in [0.3, 0.4) is 0 Å². The summed E-state index contributed by atoms with van der Waals surface area (Å²) in [6.07, 6.45) is -3.71. The first-order chi connectivity index (χ1) is 11.8. The lowest BCUT2D eigenvalue weighted by Gasteiger charge is -2.11. The molecule has 0 saturated carbocycles. The summed E-state index contributed by atoms with van der Waals surface area (Å²) in [7, 11) is 0. The molecular weight excluding hydrogens is 333 g/mol. The largest absolute Gasteiger partial charge is 0.416 e. The Morgan fingerprint density at radius 2 is 1.64 bits per heavy atom. The summed E-state index contributed by atoms with van der Waals surface area (Å²) >= 11 is 0. The fraction of sp³-hybridized carbons (Fsp3) is 0.222. The number of rotatable bonds is 5. The normalized spacial score (nSPS) is 11.0. The van der Waals surface area contributed by atoms with Crippen LogP contribution in [0.2, 0.25) is 0 Å². The molecule has 2 amide bonds. The molecule has 0 atom stereocenters. The molecule has 2 rings (SSSR count). The Morgan fingerprint density at radius 1 is 1.00 bits per heavy atom. The lowest BCUT2D eigenvalue weighted by Crippen LogP contribution is -2.33. The van der Waals surface area contributed by atoms with Crippen LogP contribution in [-0.2, 0) is 17.4 Å². The van der Waals surface area contributed by atoms with Gasteiger partial charge in [0.05, 0.1) is 12.1 Å². The monoisotopic (exact) mass is 350 g/mol. The number of anilines is 1. The van der Waals surface area contributed by atoms with Crippen molar-refractivity contribution in [2.75, 3.05) is 11.9 Å². The second-order valence-corrected chi connectivity index (χ2v) is 5.32. The van der Waals surface area contributed by atoms with Gasteiger partial charge in [-0.1, -0.05) is 25.1 Å². The molecule has 25 heavy (non-hydrogen) atoms. The Kier molecular flexibility index (Phi) is 5.80. The third-order valence-electron chi connectivity index (χ3n) is 3.56. The van der Waals surface area contributed by atoms with Gasteiger partial charge >= 0.3 is 6.18 Å². The van der Waals surface area contributed by atoms with Gasteiger partial charge in [-0.15, -0.1) is 0 Å². The smallest absolute Gasteiger partial charge is 0.343 e. The van der Waals surface area contributed by atoms with E-state index in [4.69, 9.17) is 0 Å². The average Bonchev–Trinajstić information content (AvgIpc) is 2.59. The molecule has 0 aliphatic carbocycles. The van der Waals surface area contributed by atoms with Gasteiger partial charge in [0.25, 0.3) is 5.91 Å². The molecule has 2 aromatic rings. The summed E-state index contributed by atoms with van der Waals surface area (Å²) in [5.41, 5.74) is 0.844. The van der Waals surface area contributed by atoms with Crippen LogP contribution < -0.4 is 10.6 Å². The van der Waals surface area contributed by atoms with Crippen molar-refractivity contribution in [3.05, 3.63) is 65.2 Å². The molecule has 0 bridgehead atoms. The highest BCUT2D eigenvalue weighted by Gasteiger charge is 2.30. The summed E-state index contributed by atoms with van der Waals surface area (Å²) < 4.78 is 37.5. The molecule has 0 fully saturated rings. The minimum absolute atomic E-state index is 0.0507. The predicted molar refractivity (Wildman–Crippen MR) is 88.2 cm³/mol. The van der Waals surface area contributed by atoms with E-state index in [1.165, 1.54) is 0 Å². The number of carbonyl (C=O) groups excluding carboxylic acids is 2. The molecule has 132 valence electrons. The predicted octanol–water partition coefficient (Wildman–Crippen LogP) is 3.64. The minimum atomic E-state index is -4.46. The van der Waals surface area contributed by atoms with Crippen molar-refractivity contribution in [1.29, 1.82) is 0 Å². The minimum Gasteiger partial charge on any atom is -0.343 e. The molecule has 0 radical (unpaired) electrons. The van der Waals surface area contributed by atoms with Gasteiger partial charge in [-0.25, -0.2) is 0 Å². The molecule has 0 aliphatic heterocycles. The zero-order valence-electron chi connectivity index (χ0n) is 13.5. The topological polar surface area (TPSA) is 58.2 Å². The number of carbonyl (C=O) groups is 2. The van der Waals surface area contributed by atoms with Crippen molar-refractivity contribution < 1.29 is 22.8 Å². The Hall–Kier alpha value is -2.83. The standard InChI is InChI=1S/C18H17F3N2O2/c1-2-12-5-3-4-6-15(12)23-16(24)11-22-17(25)13-7-9-14(10-8-13)18(19,20)21/h3-10H,2,11H2,1H3,(H,22,25)(H,23,24). The van der Waals surface area contributed by atoms with Crippen LogP contribution >= 0.6 is 0 Å². The van der Waals surface area contributed by atoms with Crippen LogP contribution in [0.5, 0.6) is 0 Å². The first-order valence-corrected chi connectivity index (χ1v) is 7.64. The number of halogens is 3. The highest BCUT2D eigenvalue weighted by atomic mass is 19.4. The van der Waals surface area contributed by atoms with Crippen LogP contribution in [0.15, 0.2) is 48.5 Å². The maximum Gasteiger partial charge on any atom is 0.416 e. The van der Waals surface area contributed by atoms with E-state index in [2.05, 4.69) is 10.6 Å². The van der Waals surface area contributed by atoms with Gasteiger partial charge in [-0.2, -0.15) is 13.2 Å². The Bertz CT molecular complexity index is 756. The lowest BCUT2D eigenvalue weighted by molar-refractivity contribution is -0.137. The van der Waals surface area contributed by atoms with Crippen LogP contribution in [0.4, 0.5) is 18.9 Å². The molecule has 0 heterocycles. The molecule has 2 aromatic carbocycles. The molecule has 4 nitrogen and oxygen atoms in total. The van der Waals surface area contributed by atoms with Gasteiger partial charge in [0, 0.05) is 11.3 Å². The van der Waals surface area contributed by atoms with Gasteiger partial charge < -0.3 is 10.6 Å². The van der Waals surface area contributed by atoms with E-state index in [0.717, 1.165) is 36.2 Å². The van der Waals surface area contributed by atoms with E-state index in [-0.39, 0.29) is 12.1 Å². The van der Waals surface area contributed by atoms with E-state index >= 15 is 0 Å². The third kappa shape index (κ3) is 5.07. The lowest BCUT2D eigenvalue weighted by atomic mass is 10.1. The van der Waals surface area contributed by atoms with E-state index in [1.54, 1.807) is 12.1 Å². The fourth-order valence-corrected chi connectivity index (χ4v) is 2.22. The number of nitrogens with one attached hydrogen (secondary N) is 2. The van der Waals surface area contributed by atoms with E-state index < -0.39 is 23.6 Å². The van der Waals surface area contributed by atoms with Gasteiger partial charge in [0.15, 0.2) is 0 Å². The molecule has 2 N–H and O–H groups in total. The molecule has 0 saturated heterocycles. The summed E-state index contributed by atoms with van der Waals surface area (Å²) in [4.78, 5) is 23.8. The van der Waals surface area contributed by atoms with Crippen LogP contribution in [0, 0.1) is 0 Å². The zero-order chi connectivity index (χ0) is 18.4. The number of benzene rings is 2. The first-order valence-electron chi connectivity index (χ1n) is 7.64. The summed E-state index contributed by atoms with van der Waals surface area (Å²) in [6.45, 7) is 1.68. The SMILES string of the molecule is CCc1ccccc1NC(=O)CNC(=O)c1ccc(C(F)(F)F)cc1. The van der Waals surface area contributed by atoms with E-state index in [0.29, 0.717) is 5.69 Å². The molecule has 0 spiro atoms. The molecular formula is C18H17F3N2O2. The quantitative estimate of drug-likeness (QED) is 0.865. The third-order valence-corrected chi connectivity index (χ3v) is 3.56. The maximum atomic E-state index is 12.5. The summed E-state index contributed by atoms with van der Waals surface area (Å²) in [6, 6.07) is 11.1. The average molecular weight is 350 g/mol. The van der Waals surface area contributed by atoms with E-state index in [9.17, 15) is 22.8 Å². The number of para-hydroxylation sites is 1. The van der Waals surface area contributed by atoms with Crippen LogP contribution in [0.25, 0.3) is 0 Å². The Labute approximate surface area is 143 Å². The van der Waals surface area contributed by atoms with Crippen molar-refractivity contribution in [3.8, 4) is 0 Å². The maximum absolute atomic E-state index is 12.5. The second-order valence-electron chi connectivity index (χ2n) is 5.32. The first kappa shape index (κ1) is 18.5. The van der Waals surface area contributed by atoms with Crippen molar-refractivity contribution in [2.45, 2.75) is 19.5 Å². The number of amides is 2. The second kappa shape index (κ2) is 7.83. The highest BCUT2D eigenvalue weighted by molar-refractivity contribution is 5.99. The number of hydrogen-bond acceptors (Lipinski definition) is 2. The van der Waals surface area contributed by atoms with Gasteiger partial charge in [-0.05, 0) is 42.3 Å². The number of aryl methyl sites for hydroxylation is 1. The molecule has 0 unspecified atom stereocenters. The number of alkyl halides is 3. The van der Waals surface area contributed by atoms with Crippen LogP contribution in [0.1, 0.15) is 28.4 Å². The summed E-state index contributed by atoms with van der Waals surface area (Å²) in [5.74, 6) is -1.03. The van der Waals surface area contributed by atoms with E-state index in [1.807, 2.05) is 19.1 Å². The Morgan fingerprint density at radius 3 is 2.24 bits per heavy atom. The number of hydrogen-bond donors (Lipinski definition) is 2. The van der Waals surface area contributed by atoms with Crippen molar-refractivity contribution >= 4 is 17.5 Å². The highest BCUT2D eigenvalue weighted by Crippen LogP contribution is 2.29. The fourth-order valence-electron chi connectivity index (χ4n) is 2.22. The molecule has 0 aromatic heterocycles. The Balaban J connectivity index is 1.92. The van der Waals surface area contributed by atoms with Crippen LogP contribution in [-0.4, -0.2) is 18.4 Å². The molecule has 7 heteroatoms. The van der Waals surface area contributed by atoms with Crippen molar-refractivity contribution in [3.63, 3.8) is 0 Å².